The first kappa shape index (κ1) is 17.1. The Morgan fingerprint density at radius 1 is 1.04 bits per heavy atom. The van der Waals surface area contributed by atoms with E-state index in [9.17, 15) is 4.79 Å². The van der Waals surface area contributed by atoms with Gasteiger partial charge in [-0.3, -0.25) is 9.78 Å². The summed E-state index contributed by atoms with van der Waals surface area (Å²) >= 11 is 3.38. The Balaban J connectivity index is 1.73. The van der Waals surface area contributed by atoms with Crippen LogP contribution in [0.25, 0.3) is 6.08 Å². The number of nitrogens with zero attached hydrogens (tertiary/aromatic N) is 1. The van der Waals surface area contributed by atoms with Crippen LogP contribution in [0.15, 0.2) is 83.5 Å². The molecule has 124 valence electrons. The predicted octanol–water partition coefficient (Wildman–Crippen LogP) is 5.32. The fraction of sp³-hybridized carbons (Fsp3) is 0.0476. The summed E-state index contributed by atoms with van der Waals surface area (Å²) in [5, 5.41) is 0. The SMILES string of the molecule is O=C(/C=C/c1ccccc1OCc1ccccn1)c1cccc(Br)c1. The fourth-order valence-corrected chi connectivity index (χ4v) is 2.69. The summed E-state index contributed by atoms with van der Waals surface area (Å²) in [7, 11) is 0. The maximum absolute atomic E-state index is 12.3. The highest BCUT2D eigenvalue weighted by Crippen LogP contribution is 2.21. The van der Waals surface area contributed by atoms with Crippen LogP contribution in [-0.2, 0) is 6.61 Å². The van der Waals surface area contributed by atoms with Gasteiger partial charge in [0.15, 0.2) is 5.78 Å². The van der Waals surface area contributed by atoms with Gasteiger partial charge in [0.25, 0.3) is 0 Å². The summed E-state index contributed by atoms with van der Waals surface area (Å²) in [5.41, 5.74) is 2.34. The fourth-order valence-electron chi connectivity index (χ4n) is 2.29. The van der Waals surface area contributed by atoms with Gasteiger partial charge in [0.05, 0.1) is 5.69 Å². The molecule has 0 atom stereocenters. The molecule has 0 saturated carbocycles. The number of rotatable bonds is 6. The average Bonchev–Trinajstić information content (AvgIpc) is 2.66. The summed E-state index contributed by atoms with van der Waals surface area (Å²) < 4.78 is 6.73. The number of ether oxygens (including phenoxy) is 1. The average molecular weight is 394 g/mol. The van der Waals surface area contributed by atoms with Crippen LogP contribution in [0.5, 0.6) is 5.75 Å². The number of halogens is 1. The molecule has 0 N–H and O–H groups in total. The van der Waals surface area contributed by atoms with Crippen molar-refractivity contribution in [2.24, 2.45) is 0 Å². The summed E-state index contributed by atoms with van der Waals surface area (Å²) in [6.45, 7) is 0.380. The Hall–Kier alpha value is -2.72. The number of para-hydroxylation sites is 1. The molecule has 1 heterocycles. The molecule has 0 amide bonds. The van der Waals surface area contributed by atoms with E-state index < -0.39 is 0 Å². The van der Waals surface area contributed by atoms with Gasteiger partial charge in [0.1, 0.15) is 12.4 Å². The second kappa shape index (κ2) is 8.40. The van der Waals surface area contributed by atoms with Crippen molar-refractivity contribution in [2.75, 3.05) is 0 Å². The molecule has 0 bridgehead atoms. The summed E-state index contributed by atoms with van der Waals surface area (Å²) in [6.07, 6.45) is 5.07. The molecule has 4 heteroatoms. The molecular formula is C21H16BrNO2. The molecule has 3 nitrogen and oxygen atoms in total. The quantitative estimate of drug-likeness (QED) is 0.420. The number of pyridine rings is 1. The third-order valence-corrected chi connectivity index (χ3v) is 4.04. The molecule has 0 unspecified atom stereocenters. The zero-order valence-corrected chi connectivity index (χ0v) is 15.0. The first-order valence-electron chi connectivity index (χ1n) is 7.82. The van der Waals surface area contributed by atoms with Crippen molar-refractivity contribution in [1.29, 1.82) is 0 Å². The number of ketones is 1. The molecule has 1 aromatic heterocycles. The molecule has 0 aliphatic carbocycles. The van der Waals surface area contributed by atoms with Crippen molar-refractivity contribution in [1.82, 2.24) is 4.98 Å². The Kier molecular flexibility index (Phi) is 5.75. The van der Waals surface area contributed by atoms with Crippen LogP contribution >= 0.6 is 15.9 Å². The second-order valence-electron chi connectivity index (χ2n) is 5.36. The van der Waals surface area contributed by atoms with Gasteiger partial charge in [-0.05, 0) is 42.5 Å². The third kappa shape index (κ3) is 4.88. The molecule has 0 aliphatic rings. The minimum atomic E-state index is -0.0548. The number of carbonyl (C=O) groups is 1. The van der Waals surface area contributed by atoms with Crippen molar-refractivity contribution in [3.05, 3.63) is 100 Å². The second-order valence-corrected chi connectivity index (χ2v) is 6.27. The standard InChI is InChI=1S/C21H16BrNO2/c22-18-8-5-7-17(14-18)20(24)12-11-16-6-1-2-10-21(16)25-15-19-9-3-4-13-23-19/h1-14H,15H2/b12-11+. The highest BCUT2D eigenvalue weighted by atomic mass is 79.9. The van der Waals surface area contributed by atoms with Gasteiger partial charge >= 0.3 is 0 Å². The predicted molar refractivity (Wildman–Crippen MR) is 103 cm³/mol. The van der Waals surface area contributed by atoms with E-state index in [2.05, 4.69) is 20.9 Å². The molecule has 3 rings (SSSR count). The molecule has 25 heavy (non-hydrogen) atoms. The van der Waals surface area contributed by atoms with Crippen LogP contribution < -0.4 is 4.74 Å². The lowest BCUT2D eigenvalue weighted by molar-refractivity contribution is 0.104. The number of hydrogen-bond donors (Lipinski definition) is 0. The molecular weight excluding hydrogens is 378 g/mol. The van der Waals surface area contributed by atoms with Crippen molar-refractivity contribution < 1.29 is 9.53 Å². The Bertz CT molecular complexity index is 891. The molecule has 3 aromatic rings. The van der Waals surface area contributed by atoms with Crippen LogP contribution in [-0.4, -0.2) is 10.8 Å². The van der Waals surface area contributed by atoms with Crippen LogP contribution in [0.3, 0.4) is 0 Å². The highest BCUT2D eigenvalue weighted by molar-refractivity contribution is 9.10. The lowest BCUT2D eigenvalue weighted by atomic mass is 10.1. The number of carbonyl (C=O) groups excluding carboxylic acids is 1. The van der Waals surface area contributed by atoms with E-state index in [4.69, 9.17) is 4.74 Å². The largest absolute Gasteiger partial charge is 0.487 e. The maximum Gasteiger partial charge on any atom is 0.185 e. The summed E-state index contributed by atoms with van der Waals surface area (Å²) in [6, 6.07) is 20.6. The molecule has 0 saturated heterocycles. The van der Waals surface area contributed by atoms with E-state index in [1.807, 2.05) is 54.6 Å². The van der Waals surface area contributed by atoms with Gasteiger partial charge in [-0.1, -0.05) is 52.3 Å². The van der Waals surface area contributed by atoms with Crippen LogP contribution in [0.4, 0.5) is 0 Å². The van der Waals surface area contributed by atoms with Gasteiger partial charge < -0.3 is 4.74 Å². The van der Waals surface area contributed by atoms with Crippen molar-refractivity contribution in [2.45, 2.75) is 6.61 Å². The summed E-state index contributed by atoms with van der Waals surface area (Å²) in [4.78, 5) is 16.5. The van der Waals surface area contributed by atoms with Crippen LogP contribution in [0, 0.1) is 0 Å². The molecule has 0 fully saturated rings. The Labute approximate surface area is 155 Å². The molecule has 0 radical (unpaired) electrons. The first-order valence-corrected chi connectivity index (χ1v) is 8.61. The van der Waals surface area contributed by atoms with Crippen molar-refractivity contribution in [3.63, 3.8) is 0 Å². The zero-order chi connectivity index (χ0) is 17.5. The zero-order valence-electron chi connectivity index (χ0n) is 13.4. The van der Waals surface area contributed by atoms with E-state index >= 15 is 0 Å². The van der Waals surface area contributed by atoms with Crippen LogP contribution in [0.1, 0.15) is 21.6 Å². The number of benzene rings is 2. The van der Waals surface area contributed by atoms with Gasteiger partial charge in [-0.2, -0.15) is 0 Å². The number of aromatic nitrogens is 1. The van der Waals surface area contributed by atoms with Gasteiger partial charge in [-0.25, -0.2) is 0 Å². The van der Waals surface area contributed by atoms with E-state index in [0.717, 1.165) is 15.7 Å². The van der Waals surface area contributed by atoms with Gasteiger partial charge in [0.2, 0.25) is 0 Å². The minimum absolute atomic E-state index is 0.0548. The first-order chi connectivity index (χ1) is 12.2. The maximum atomic E-state index is 12.3. The van der Waals surface area contributed by atoms with E-state index in [-0.39, 0.29) is 5.78 Å². The van der Waals surface area contributed by atoms with Gasteiger partial charge in [-0.15, -0.1) is 0 Å². The Morgan fingerprint density at radius 3 is 2.68 bits per heavy atom. The monoisotopic (exact) mass is 393 g/mol. The molecule has 2 aromatic carbocycles. The van der Waals surface area contributed by atoms with Gasteiger partial charge in [0, 0.05) is 21.8 Å². The normalized spacial score (nSPS) is 10.8. The van der Waals surface area contributed by atoms with E-state index in [1.54, 1.807) is 30.5 Å². The molecule has 0 aliphatic heterocycles. The number of hydrogen-bond acceptors (Lipinski definition) is 3. The van der Waals surface area contributed by atoms with E-state index in [0.29, 0.717) is 17.9 Å². The minimum Gasteiger partial charge on any atom is -0.487 e. The molecule has 0 spiro atoms. The van der Waals surface area contributed by atoms with Crippen molar-refractivity contribution >= 4 is 27.8 Å². The highest BCUT2D eigenvalue weighted by Gasteiger charge is 2.04. The third-order valence-electron chi connectivity index (χ3n) is 3.54. The number of allylic oxidation sites excluding steroid dienone is 1. The smallest absolute Gasteiger partial charge is 0.185 e. The van der Waals surface area contributed by atoms with Crippen LogP contribution in [0.2, 0.25) is 0 Å². The van der Waals surface area contributed by atoms with Crippen molar-refractivity contribution in [3.8, 4) is 5.75 Å². The lowest BCUT2D eigenvalue weighted by Crippen LogP contribution is -1.99. The summed E-state index contributed by atoms with van der Waals surface area (Å²) in [5.74, 6) is 0.660. The van der Waals surface area contributed by atoms with E-state index in [1.165, 1.54) is 0 Å². The topological polar surface area (TPSA) is 39.2 Å². The lowest BCUT2D eigenvalue weighted by Gasteiger charge is -2.08. The Morgan fingerprint density at radius 2 is 1.88 bits per heavy atom.